The molecule has 0 radical (unpaired) electrons. The van der Waals surface area contributed by atoms with E-state index in [-0.39, 0.29) is 11.3 Å². The van der Waals surface area contributed by atoms with Crippen LogP contribution < -0.4 is 16.2 Å². The van der Waals surface area contributed by atoms with Gasteiger partial charge in [-0.25, -0.2) is 14.3 Å². The third kappa shape index (κ3) is 4.93. The van der Waals surface area contributed by atoms with E-state index in [2.05, 4.69) is 10.4 Å². The Morgan fingerprint density at radius 1 is 1.18 bits per heavy atom. The van der Waals surface area contributed by atoms with Gasteiger partial charge in [-0.1, -0.05) is 38.0 Å². The van der Waals surface area contributed by atoms with Crippen molar-refractivity contribution in [3.05, 3.63) is 40.3 Å². The van der Waals surface area contributed by atoms with Crippen molar-refractivity contribution in [1.82, 2.24) is 20.4 Å². The fourth-order valence-corrected chi connectivity index (χ4v) is 2.59. The lowest BCUT2D eigenvalue weighted by atomic mass is 10.1. The van der Waals surface area contributed by atoms with E-state index < -0.39 is 24.0 Å². The monoisotopic (exact) mass is 388 g/mol. The van der Waals surface area contributed by atoms with Crippen molar-refractivity contribution < 1.29 is 19.1 Å². The zero-order valence-electron chi connectivity index (χ0n) is 16.2. The van der Waals surface area contributed by atoms with Crippen molar-refractivity contribution in [3.63, 3.8) is 0 Å². The molecule has 1 aromatic carbocycles. The molecule has 0 spiro atoms. The first-order valence-electron chi connectivity index (χ1n) is 9.12. The van der Waals surface area contributed by atoms with Crippen molar-refractivity contribution >= 4 is 28.7 Å². The van der Waals surface area contributed by atoms with Crippen LogP contribution in [0.1, 0.15) is 43.6 Å². The molecule has 1 atom stereocenters. The number of fused-ring (bicyclic) bond motifs is 1. The quantitative estimate of drug-likeness (QED) is 0.549. The van der Waals surface area contributed by atoms with Crippen LogP contribution in [-0.2, 0) is 16.1 Å². The number of carbonyl (C=O) groups excluding carboxylic acids is 3. The summed E-state index contributed by atoms with van der Waals surface area (Å²) < 4.78 is 6.42. The van der Waals surface area contributed by atoms with E-state index in [1.165, 1.54) is 18.7 Å². The summed E-state index contributed by atoms with van der Waals surface area (Å²) in [5, 5.41) is 9.15. The van der Waals surface area contributed by atoms with E-state index in [1.54, 1.807) is 24.3 Å². The molecule has 0 fully saturated rings. The van der Waals surface area contributed by atoms with Crippen LogP contribution in [0.15, 0.2) is 29.1 Å². The number of esters is 1. The van der Waals surface area contributed by atoms with Gasteiger partial charge >= 0.3 is 12.0 Å². The average molecular weight is 388 g/mol. The summed E-state index contributed by atoms with van der Waals surface area (Å²) in [6.07, 6.45) is 1.44. The van der Waals surface area contributed by atoms with Gasteiger partial charge in [0.2, 0.25) is 0 Å². The maximum atomic E-state index is 12.6. The Balaban J connectivity index is 2.32. The summed E-state index contributed by atoms with van der Waals surface area (Å²) in [5.74, 6) is -1.62. The number of nitrogens with one attached hydrogen (secondary N) is 2. The van der Waals surface area contributed by atoms with Gasteiger partial charge in [-0.05, 0) is 19.4 Å². The van der Waals surface area contributed by atoms with Crippen LogP contribution >= 0.6 is 0 Å². The van der Waals surface area contributed by atoms with Crippen molar-refractivity contribution in [1.29, 1.82) is 0 Å². The Kier molecular flexibility index (Phi) is 7.25. The minimum atomic E-state index is -1.22. The number of aryl methyl sites for hydroxylation is 1. The lowest BCUT2D eigenvalue weighted by Gasteiger charge is -2.14. The molecule has 1 heterocycles. The van der Waals surface area contributed by atoms with E-state index >= 15 is 0 Å². The molecule has 0 unspecified atom stereocenters. The average Bonchev–Trinajstić information content (AvgIpc) is 2.69. The number of ether oxygens (including phenoxy) is 1. The number of rotatable bonds is 7. The second kappa shape index (κ2) is 9.63. The SMILES string of the molecule is CCCCCn1nc(C(=O)O[C@@H](C)C(=O)NC(=O)NC)c2ccccc2c1=O. The second-order valence-electron chi connectivity index (χ2n) is 6.25. The standard InChI is InChI=1S/C19H24N4O5/c1-4-5-8-11-23-17(25)14-10-7-6-9-13(14)15(22-23)18(26)28-12(2)16(24)21-19(27)20-3/h6-7,9-10,12H,4-5,8,11H2,1-3H3,(H2,20,21,24,27)/t12-/m0/s1. The lowest BCUT2D eigenvalue weighted by Crippen LogP contribution is -2.43. The fraction of sp³-hybridized carbons (Fsp3) is 0.421. The summed E-state index contributed by atoms with van der Waals surface area (Å²) in [6.45, 7) is 3.77. The van der Waals surface area contributed by atoms with Gasteiger partial charge in [0.1, 0.15) is 0 Å². The molecule has 9 nitrogen and oxygen atoms in total. The first-order valence-corrected chi connectivity index (χ1v) is 9.12. The molecule has 0 aliphatic carbocycles. The normalized spacial score (nSPS) is 11.7. The van der Waals surface area contributed by atoms with Crippen LogP contribution in [0.25, 0.3) is 10.8 Å². The Labute approximate surface area is 162 Å². The number of unbranched alkanes of at least 4 members (excludes halogenated alkanes) is 2. The van der Waals surface area contributed by atoms with Gasteiger partial charge in [-0.2, -0.15) is 5.10 Å². The molecule has 2 aromatic rings. The molecule has 150 valence electrons. The van der Waals surface area contributed by atoms with E-state index in [0.717, 1.165) is 19.3 Å². The number of carbonyl (C=O) groups is 3. The molecule has 0 saturated carbocycles. The number of nitrogens with zero attached hydrogens (tertiary/aromatic N) is 2. The Morgan fingerprint density at radius 2 is 1.86 bits per heavy atom. The number of aromatic nitrogens is 2. The second-order valence-corrected chi connectivity index (χ2v) is 6.25. The lowest BCUT2D eigenvalue weighted by molar-refractivity contribution is -0.127. The van der Waals surface area contributed by atoms with Crippen LogP contribution in [0.2, 0.25) is 0 Å². The van der Waals surface area contributed by atoms with Crippen LogP contribution in [0, 0.1) is 0 Å². The van der Waals surface area contributed by atoms with Gasteiger partial charge in [0, 0.05) is 19.0 Å². The molecular formula is C19H24N4O5. The van der Waals surface area contributed by atoms with Gasteiger partial charge in [0.15, 0.2) is 11.8 Å². The van der Waals surface area contributed by atoms with E-state index in [4.69, 9.17) is 4.74 Å². The molecule has 0 bridgehead atoms. The number of imide groups is 1. The van der Waals surface area contributed by atoms with E-state index in [9.17, 15) is 19.2 Å². The zero-order chi connectivity index (χ0) is 20.7. The third-order valence-corrected chi connectivity index (χ3v) is 4.15. The van der Waals surface area contributed by atoms with E-state index in [0.29, 0.717) is 17.3 Å². The molecule has 2 N–H and O–H groups in total. The van der Waals surface area contributed by atoms with Gasteiger partial charge in [0.05, 0.1) is 5.39 Å². The van der Waals surface area contributed by atoms with Crippen LogP contribution in [0.5, 0.6) is 0 Å². The smallest absolute Gasteiger partial charge is 0.360 e. The number of hydrogen-bond donors (Lipinski definition) is 2. The zero-order valence-corrected chi connectivity index (χ0v) is 16.2. The number of benzene rings is 1. The highest BCUT2D eigenvalue weighted by molar-refractivity contribution is 6.03. The highest BCUT2D eigenvalue weighted by Crippen LogP contribution is 2.15. The number of urea groups is 1. The van der Waals surface area contributed by atoms with Gasteiger partial charge < -0.3 is 10.1 Å². The maximum absolute atomic E-state index is 12.6. The van der Waals surface area contributed by atoms with Gasteiger partial charge in [0.25, 0.3) is 11.5 Å². The van der Waals surface area contributed by atoms with Crippen molar-refractivity contribution in [2.75, 3.05) is 7.05 Å². The topological polar surface area (TPSA) is 119 Å². The molecule has 1 aromatic heterocycles. The summed E-state index contributed by atoms with van der Waals surface area (Å²) in [6, 6.07) is 5.90. The molecule has 28 heavy (non-hydrogen) atoms. The van der Waals surface area contributed by atoms with Crippen molar-refractivity contribution in [2.24, 2.45) is 0 Å². The molecule has 9 heteroatoms. The predicted octanol–water partition coefficient (Wildman–Crippen LogP) is 1.59. The highest BCUT2D eigenvalue weighted by atomic mass is 16.5. The summed E-state index contributed by atoms with van der Waals surface area (Å²) in [4.78, 5) is 48.4. The minimum Gasteiger partial charge on any atom is -0.448 e. The molecule has 0 saturated heterocycles. The third-order valence-electron chi connectivity index (χ3n) is 4.15. The highest BCUT2D eigenvalue weighted by Gasteiger charge is 2.24. The summed E-state index contributed by atoms with van der Waals surface area (Å²) in [5.41, 5.74) is -0.333. The van der Waals surface area contributed by atoms with Crippen LogP contribution in [0.4, 0.5) is 4.79 Å². The fourth-order valence-electron chi connectivity index (χ4n) is 2.59. The number of hydrogen-bond acceptors (Lipinski definition) is 6. The minimum absolute atomic E-state index is 0.0497. The Morgan fingerprint density at radius 3 is 2.50 bits per heavy atom. The first kappa shape index (κ1) is 21.1. The first-order chi connectivity index (χ1) is 13.4. The van der Waals surface area contributed by atoms with Crippen molar-refractivity contribution in [3.8, 4) is 0 Å². The van der Waals surface area contributed by atoms with Crippen LogP contribution in [0.3, 0.4) is 0 Å². The number of amides is 3. The molecule has 0 aliphatic heterocycles. The van der Waals surface area contributed by atoms with Gasteiger partial charge in [-0.15, -0.1) is 0 Å². The predicted molar refractivity (Wildman–Crippen MR) is 103 cm³/mol. The largest absolute Gasteiger partial charge is 0.448 e. The summed E-state index contributed by atoms with van der Waals surface area (Å²) in [7, 11) is 1.36. The molecule has 2 rings (SSSR count). The van der Waals surface area contributed by atoms with Gasteiger partial charge in [-0.3, -0.25) is 14.9 Å². The summed E-state index contributed by atoms with van der Waals surface area (Å²) >= 11 is 0. The van der Waals surface area contributed by atoms with E-state index in [1.807, 2.05) is 12.2 Å². The molecule has 3 amide bonds. The maximum Gasteiger partial charge on any atom is 0.360 e. The van der Waals surface area contributed by atoms with Crippen LogP contribution in [-0.4, -0.2) is 40.8 Å². The molecule has 0 aliphatic rings. The Bertz CT molecular complexity index is 938. The van der Waals surface area contributed by atoms with Crippen molar-refractivity contribution in [2.45, 2.75) is 45.8 Å². The molecular weight excluding hydrogens is 364 g/mol. The Hall–Kier alpha value is -3.23.